The predicted octanol–water partition coefficient (Wildman–Crippen LogP) is 2.42. The van der Waals surface area contributed by atoms with Gasteiger partial charge in [-0.15, -0.1) is 0 Å². The Morgan fingerprint density at radius 3 is 2.70 bits per heavy atom. The van der Waals surface area contributed by atoms with Crippen molar-refractivity contribution in [2.75, 3.05) is 20.6 Å². The zero-order valence-electron chi connectivity index (χ0n) is 13.8. The van der Waals surface area contributed by atoms with Gasteiger partial charge >= 0.3 is 0 Å². The molecule has 1 atom stereocenters. The number of hydrogen-bond donors (Lipinski definition) is 0. The lowest BCUT2D eigenvalue weighted by atomic mass is 10.1. The Balaban J connectivity index is 1.76. The van der Waals surface area contributed by atoms with Crippen molar-refractivity contribution in [3.05, 3.63) is 47.1 Å². The minimum Gasteiger partial charge on any atom is -0.340 e. The van der Waals surface area contributed by atoms with Crippen LogP contribution in [0.3, 0.4) is 0 Å². The summed E-state index contributed by atoms with van der Waals surface area (Å²) < 4.78 is 5.06. The molecule has 0 saturated carbocycles. The topological polar surface area (TPSA) is 62.5 Å². The summed E-state index contributed by atoms with van der Waals surface area (Å²) in [6, 6.07) is 7.74. The first-order valence-corrected chi connectivity index (χ1v) is 7.89. The quantitative estimate of drug-likeness (QED) is 0.867. The summed E-state index contributed by atoms with van der Waals surface area (Å²) in [4.78, 5) is 21.0. The zero-order valence-corrected chi connectivity index (χ0v) is 13.8. The van der Waals surface area contributed by atoms with Crippen LogP contribution in [0, 0.1) is 6.92 Å². The molecule has 23 heavy (non-hydrogen) atoms. The summed E-state index contributed by atoms with van der Waals surface area (Å²) in [5, 5.41) is 3.99. The first kappa shape index (κ1) is 15.7. The van der Waals surface area contributed by atoms with E-state index in [0.29, 0.717) is 17.3 Å². The van der Waals surface area contributed by atoms with Gasteiger partial charge in [0, 0.05) is 25.6 Å². The van der Waals surface area contributed by atoms with Crippen LogP contribution in [0.1, 0.15) is 46.5 Å². The molecule has 1 amide bonds. The van der Waals surface area contributed by atoms with E-state index in [0.717, 1.165) is 25.9 Å². The number of rotatable bonds is 4. The van der Waals surface area contributed by atoms with Crippen molar-refractivity contribution in [1.29, 1.82) is 0 Å². The average molecular weight is 314 g/mol. The summed E-state index contributed by atoms with van der Waals surface area (Å²) >= 11 is 0. The van der Waals surface area contributed by atoms with Crippen LogP contribution < -0.4 is 0 Å². The number of aryl methyl sites for hydroxylation is 1. The molecule has 0 bridgehead atoms. The molecule has 6 nitrogen and oxygen atoms in total. The fourth-order valence-electron chi connectivity index (χ4n) is 3.01. The molecular weight excluding hydrogens is 292 g/mol. The van der Waals surface area contributed by atoms with Crippen LogP contribution in [0.5, 0.6) is 0 Å². The number of carbonyl (C=O) groups is 1. The SMILES string of the molecule is Cc1nc([C@H]2CCCN2C(=O)c2ccc(CN(C)C)cc2)no1. The molecule has 1 aliphatic heterocycles. The Hall–Kier alpha value is -2.21. The number of aromatic nitrogens is 2. The molecule has 1 aliphatic rings. The highest BCUT2D eigenvalue weighted by molar-refractivity contribution is 5.94. The predicted molar refractivity (Wildman–Crippen MR) is 85.9 cm³/mol. The minimum absolute atomic E-state index is 0.0337. The molecule has 2 aromatic rings. The van der Waals surface area contributed by atoms with Crippen molar-refractivity contribution in [1.82, 2.24) is 19.9 Å². The van der Waals surface area contributed by atoms with Crippen LogP contribution in [0.15, 0.2) is 28.8 Å². The van der Waals surface area contributed by atoms with E-state index in [9.17, 15) is 4.79 Å². The third kappa shape index (κ3) is 3.42. The largest absolute Gasteiger partial charge is 0.340 e. The number of benzene rings is 1. The molecule has 1 aromatic carbocycles. The van der Waals surface area contributed by atoms with Crippen molar-refractivity contribution >= 4 is 5.91 Å². The van der Waals surface area contributed by atoms with Gasteiger partial charge in [-0.1, -0.05) is 17.3 Å². The Morgan fingerprint density at radius 1 is 1.35 bits per heavy atom. The first-order chi connectivity index (χ1) is 11.0. The van der Waals surface area contributed by atoms with Gasteiger partial charge in [-0.2, -0.15) is 4.98 Å². The third-order valence-corrected chi connectivity index (χ3v) is 4.05. The first-order valence-electron chi connectivity index (χ1n) is 7.89. The van der Waals surface area contributed by atoms with Gasteiger partial charge in [0.2, 0.25) is 5.89 Å². The van der Waals surface area contributed by atoms with E-state index in [1.54, 1.807) is 6.92 Å². The molecule has 1 aromatic heterocycles. The Bertz CT molecular complexity index is 678. The summed E-state index contributed by atoms with van der Waals surface area (Å²) in [5.41, 5.74) is 1.90. The normalized spacial score (nSPS) is 17.9. The molecule has 0 aliphatic carbocycles. The second-order valence-electron chi connectivity index (χ2n) is 6.26. The van der Waals surface area contributed by atoms with E-state index in [1.165, 1.54) is 5.56 Å². The van der Waals surface area contributed by atoms with E-state index in [4.69, 9.17) is 4.52 Å². The van der Waals surface area contributed by atoms with E-state index >= 15 is 0 Å². The van der Waals surface area contributed by atoms with Crippen LogP contribution in [0.2, 0.25) is 0 Å². The smallest absolute Gasteiger partial charge is 0.254 e. The lowest BCUT2D eigenvalue weighted by molar-refractivity contribution is 0.0728. The molecular formula is C17H22N4O2. The van der Waals surface area contributed by atoms with E-state index < -0.39 is 0 Å². The number of likely N-dealkylation sites (tertiary alicyclic amines) is 1. The van der Waals surface area contributed by atoms with Crippen LogP contribution in [0.4, 0.5) is 0 Å². The molecule has 0 spiro atoms. The van der Waals surface area contributed by atoms with Crippen LogP contribution in [-0.4, -0.2) is 46.5 Å². The van der Waals surface area contributed by atoms with E-state index in [-0.39, 0.29) is 11.9 Å². The van der Waals surface area contributed by atoms with Gasteiger partial charge < -0.3 is 14.3 Å². The fraction of sp³-hybridized carbons (Fsp3) is 0.471. The van der Waals surface area contributed by atoms with Crippen LogP contribution in [0.25, 0.3) is 0 Å². The lowest BCUT2D eigenvalue weighted by Gasteiger charge is -2.22. The maximum Gasteiger partial charge on any atom is 0.254 e. The zero-order chi connectivity index (χ0) is 16.4. The molecule has 1 fully saturated rings. The molecule has 0 unspecified atom stereocenters. The highest BCUT2D eigenvalue weighted by Crippen LogP contribution is 2.31. The van der Waals surface area contributed by atoms with Crippen LogP contribution in [-0.2, 0) is 6.54 Å². The molecule has 0 radical (unpaired) electrons. The monoisotopic (exact) mass is 314 g/mol. The molecule has 6 heteroatoms. The van der Waals surface area contributed by atoms with Crippen LogP contribution >= 0.6 is 0 Å². The highest BCUT2D eigenvalue weighted by atomic mass is 16.5. The summed E-state index contributed by atoms with van der Waals surface area (Å²) in [6.45, 7) is 3.36. The van der Waals surface area contributed by atoms with Crippen molar-refractivity contribution in [3.63, 3.8) is 0 Å². The summed E-state index contributed by atoms with van der Waals surface area (Å²) in [6.07, 6.45) is 1.84. The standard InChI is InChI=1S/C17H22N4O2/c1-12-18-16(19-23-12)15-5-4-10-21(15)17(22)14-8-6-13(7-9-14)11-20(2)3/h6-9,15H,4-5,10-11H2,1-3H3/t15-/m1/s1. The second-order valence-corrected chi connectivity index (χ2v) is 6.26. The second kappa shape index (κ2) is 6.50. The Labute approximate surface area is 136 Å². The van der Waals surface area contributed by atoms with Gasteiger partial charge in [0.05, 0.1) is 6.04 Å². The maximum absolute atomic E-state index is 12.8. The van der Waals surface area contributed by atoms with Gasteiger partial charge in [0.25, 0.3) is 5.91 Å². The highest BCUT2D eigenvalue weighted by Gasteiger charge is 2.33. The fourth-order valence-corrected chi connectivity index (χ4v) is 3.01. The average Bonchev–Trinajstić information content (AvgIpc) is 3.15. The van der Waals surface area contributed by atoms with Crippen molar-refractivity contribution in [2.45, 2.75) is 32.4 Å². The lowest BCUT2D eigenvalue weighted by Crippen LogP contribution is -2.31. The third-order valence-electron chi connectivity index (χ3n) is 4.05. The molecule has 2 heterocycles. The van der Waals surface area contributed by atoms with Gasteiger partial charge in [-0.05, 0) is 44.6 Å². The Morgan fingerprint density at radius 2 is 2.09 bits per heavy atom. The maximum atomic E-state index is 12.8. The number of carbonyl (C=O) groups excluding carboxylic acids is 1. The summed E-state index contributed by atoms with van der Waals surface area (Å²) in [5.74, 6) is 1.18. The van der Waals surface area contributed by atoms with Gasteiger partial charge in [0.15, 0.2) is 5.82 Å². The van der Waals surface area contributed by atoms with Crippen molar-refractivity contribution in [3.8, 4) is 0 Å². The Kier molecular flexibility index (Phi) is 4.43. The van der Waals surface area contributed by atoms with Crippen molar-refractivity contribution < 1.29 is 9.32 Å². The molecule has 1 saturated heterocycles. The van der Waals surface area contributed by atoms with Gasteiger partial charge in [-0.25, -0.2) is 0 Å². The van der Waals surface area contributed by atoms with Gasteiger partial charge in [0.1, 0.15) is 0 Å². The number of hydrogen-bond acceptors (Lipinski definition) is 5. The van der Waals surface area contributed by atoms with E-state index in [1.807, 2.05) is 43.3 Å². The number of nitrogens with zero attached hydrogens (tertiary/aromatic N) is 4. The van der Waals surface area contributed by atoms with Crippen molar-refractivity contribution in [2.24, 2.45) is 0 Å². The van der Waals surface area contributed by atoms with Gasteiger partial charge in [-0.3, -0.25) is 4.79 Å². The molecule has 3 rings (SSSR count). The number of amides is 1. The summed E-state index contributed by atoms with van der Waals surface area (Å²) in [7, 11) is 4.06. The van der Waals surface area contributed by atoms with E-state index in [2.05, 4.69) is 15.0 Å². The minimum atomic E-state index is -0.0820. The molecule has 122 valence electrons. The molecule has 0 N–H and O–H groups in total.